The van der Waals surface area contributed by atoms with Crippen molar-refractivity contribution in [1.29, 1.82) is 0 Å². The first-order valence-electron chi connectivity index (χ1n) is 8.48. The summed E-state index contributed by atoms with van der Waals surface area (Å²) >= 11 is 0. The van der Waals surface area contributed by atoms with Crippen LogP contribution in [0.4, 0.5) is 0 Å². The first-order valence-corrected chi connectivity index (χ1v) is 8.48. The Morgan fingerprint density at radius 3 is 2.87 bits per heavy atom. The summed E-state index contributed by atoms with van der Waals surface area (Å²) in [7, 11) is 0. The molecule has 1 amide bonds. The SMILES string of the molecule is Cc1ccccc1OCC1(O)CCN(C(=O)C2CCNCC2)C1. The Hall–Kier alpha value is -1.59. The molecule has 0 spiro atoms. The normalized spacial score (nSPS) is 25.6. The number of nitrogens with one attached hydrogen (secondary N) is 1. The Balaban J connectivity index is 1.55. The molecule has 2 N–H and O–H groups in total. The molecule has 1 unspecified atom stereocenters. The van der Waals surface area contributed by atoms with E-state index in [0.29, 0.717) is 19.5 Å². The smallest absolute Gasteiger partial charge is 0.225 e. The van der Waals surface area contributed by atoms with Crippen LogP contribution in [0.3, 0.4) is 0 Å². The molecular formula is C18H26N2O3. The second kappa shape index (κ2) is 6.89. The number of aryl methyl sites for hydroxylation is 1. The second-order valence-electron chi connectivity index (χ2n) is 6.81. The highest BCUT2D eigenvalue weighted by atomic mass is 16.5. The van der Waals surface area contributed by atoms with Crippen molar-refractivity contribution in [2.24, 2.45) is 5.92 Å². The molecule has 3 rings (SSSR count). The lowest BCUT2D eigenvalue weighted by atomic mass is 9.96. The maximum atomic E-state index is 12.6. The summed E-state index contributed by atoms with van der Waals surface area (Å²) in [6, 6.07) is 7.78. The van der Waals surface area contributed by atoms with Gasteiger partial charge in [0.15, 0.2) is 0 Å². The number of carbonyl (C=O) groups is 1. The number of amides is 1. The molecule has 2 aliphatic rings. The largest absolute Gasteiger partial charge is 0.490 e. The zero-order valence-corrected chi connectivity index (χ0v) is 13.8. The molecule has 5 heteroatoms. The third-order valence-electron chi connectivity index (χ3n) is 4.92. The summed E-state index contributed by atoms with van der Waals surface area (Å²) in [6.45, 7) is 5.03. The lowest BCUT2D eigenvalue weighted by Crippen LogP contribution is -2.44. The van der Waals surface area contributed by atoms with Crippen molar-refractivity contribution >= 4 is 5.91 Å². The number of β-amino-alcohol motifs (C(OH)–C–C–N with tert-alkyl or cyclic N) is 1. The molecule has 126 valence electrons. The molecule has 2 aliphatic heterocycles. The van der Waals surface area contributed by atoms with E-state index in [2.05, 4.69) is 5.32 Å². The van der Waals surface area contributed by atoms with Gasteiger partial charge in [-0.3, -0.25) is 4.79 Å². The van der Waals surface area contributed by atoms with Crippen molar-refractivity contribution in [1.82, 2.24) is 10.2 Å². The molecular weight excluding hydrogens is 292 g/mol. The number of carbonyl (C=O) groups excluding carboxylic acids is 1. The number of rotatable bonds is 4. The third-order valence-corrected chi connectivity index (χ3v) is 4.92. The monoisotopic (exact) mass is 318 g/mol. The highest BCUT2D eigenvalue weighted by Gasteiger charge is 2.40. The van der Waals surface area contributed by atoms with Crippen molar-refractivity contribution in [2.75, 3.05) is 32.8 Å². The topological polar surface area (TPSA) is 61.8 Å². The molecule has 0 saturated carbocycles. The summed E-state index contributed by atoms with van der Waals surface area (Å²) in [5, 5.41) is 14.0. The van der Waals surface area contributed by atoms with E-state index >= 15 is 0 Å². The summed E-state index contributed by atoms with van der Waals surface area (Å²) in [4.78, 5) is 14.4. The molecule has 2 fully saturated rings. The molecule has 0 radical (unpaired) electrons. The van der Waals surface area contributed by atoms with E-state index in [-0.39, 0.29) is 18.4 Å². The highest BCUT2D eigenvalue weighted by molar-refractivity contribution is 5.79. The van der Waals surface area contributed by atoms with Crippen molar-refractivity contribution < 1.29 is 14.6 Å². The van der Waals surface area contributed by atoms with Gasteiger partial charge in [0.1, 0.15) is 18.0 Å². The van der Waals surface area contributed by atoms with E-state index in [9.17, 15) is 9.90 Å². The molecule has 2 heterocycles. The molecule has 0 aromatic heterocycles. The van der Waals surface area contributed by atoms with Crippen LogP contribution in [-0.2, 0) is 4.79 Å². The van der Waals surface area contributed by atoms with Crippen LogP contribution < -0.4 is 10.1 Å². The van der Waals surface area contributed by atoms with Gasteiger partial charge in [0.05, 0.1) is 6.54 Å². The van der Waals surface area contributed by atoms with Crippen molar-refractivity contribution in [3.8, 4) is 5.75 Å². The minimum atomic E-state index is -0.940. The van der Waals surface area contributed by atoms with Crippen LogP contribution in [0.2, 0.25) is 0 Å². The van der Waals surface area contributed by atoms with Gasteiger partial charge in [-0.15, -0.1) is 0 Å². The maximum absolute atomic E-state index is 12.6. The second-order valence-corrected chi connectivity index (χ2v) is 6.81. The molecule has 5 nitrogen and oxygen atoms in total. The van der Waals surface area contributed by atoms with Crippen LogP contribution >= 0.6 is 0 Å². The Bertz CT molecular complexity index is 557. The van der Waals surface area contributed by atoms with Crippen LogP contribution in [-0.4, -0.2) is 54.3 Å². The number of para-hydroxylation sites is 1. The summed E-state index contributed by atoms with van der Waals surface area (Å²) < 4.78 is 5.80. The van der Waals surface area contributed by atoms with Crippen molar-refractivity contribution in [3.63, 3.8) is 0 Å². The van der Waals surface area contributed by atoms with E-state index in [0.717, 1.165) is 37.2 Å². The number of hydrogen-bond donors (Lipinski definition) is 2. The fourth-order valence-electron chi connectivity index (χ4n) is 3.42. The number of piperidine rings is 1. The maximum Gasteiger partial charge on any atom is 0.225 e. The number of likely N-dealkylation sites (tertiary alicyclic amines) is 1. The van der Waals surface area contributed by atoms with Gasteiger partial charge in [0, 0.05) is 12.5 Å². The van der Waals surface area contributed by atoms with E-state index in [4.69, 9.17) is 4.74 Å². The van der Waals surface area contributed by atoms with Gasteiger partial charge in [-0.25, -0.2) is 0 Å². The van der Waals surface area contributed by atoms with Crippen molar-refractivity contribution in [3.05, 3.63) is 29.8 Å². The minimum absolute atomic E-state index is 0.107. The lowest BCUT2D eigenvalue weighted by Gasteiger charge is -2.28. The Kier molecular flexibility index (Phi) is 4.87. The summed E-state index contributed by atoms with van der Waals surface area (Å²) in [6.07, 6.45) is 2.37. The summed E-state index contributed by atoms with van der Waals surface area (Å²) in [5.41, 5.74) is 0.113. The average molecular weight is 318 g/mol. The van der Waals surface area contributed by atoms with Crippen LogP contribution in [0.1, 0.15) is 24.8 Å². The molecule has 1 aromatic rings. The van der Waals surface area contributed by atoms with E-state index < -0.39 is 5.60 Å². The average Bonchev–Trinajstić information content (AvgIpc) is 2.97. The molecule has 0 aliphatic carbocycles. The molecule has 2 saturated heterocycles. The first kappa shape index (κ1) is 16.3. The molecule has 0 bridgehead atoms. The van der Waals surface area contributed by atoms with Gasteiger partial charge >= 0.3 is 0 Å². The zero-order chi connectivity index (χ0) is 16.3. The Morgan fingerprint density at radius 1 is 1.39 bits per heavy atom. The Morgan fingerprint density at radius 2 is 2.13 bits per heavy atom. The number of benzene rings is 1. The number of hydrogen-bond acceptors (Lipinski definition) is 4. The fourth-order valence-corrected chi connectivity index (χ4v) is 3.42. The lowest BCUT2D eigenvalue weighted by molar-refractivity contribution is -0.136. The van der Waals surface area contributed by atoms with Gasteiger partial charge < -0.3 is 20.1 Å². The van der Waals surface area contributed by atoms with Crippen LogP contribution in [0.25, 0.3) is 0 Å². The van der Waals surface area contributed by atoms with Gasteiger partial charge in [-0.05, 0) is 50.9 Å². The zero-order valence-electron chi connectivity index (χ0n) is 13.8. The molecule has 1 atom stereocenters. The minimum Gasteiger partial charge on any atom is -0.490 e. The number of ether oxygens (including phenoxy) is 1. The van der Waals surface area contributed by atoms with Gasteiger partial charge in [-0.2, -0.15) is 0 Å². The quantitative estimate of drug-likeness (QED) is 0.879. The van der Waals surface area contributed by atoms with Gasteiger partial charge in [-0.1, -0.05) is 18.2 Å². The molecule has 1 aromatic carbocycles. The summed E-state index contributed by atoms with van der Waals surface area (Å²) in [5.74, 6) is 1.10. The van der Waals surface area contributed by atoms with Crippen LogP contribution in [0.5, 0.6) is 5.75 Å². The number of nitrogens with zero attached hydrogens (tertiary/aromatic N) is 1. The van der Waals surface area contributed by atoms with Gasteiger partial charge in [0.25, 0.3) is 0 Å². The first-order chi connectivity index (χ1) is 11.1. The van der Waals surface area contributed by atoms with E-state index in [1.165, 1.54) is 0 Å². The number of aliphatic hydroxyl groups is 1. The Labute approximate surface area is 137 Å². The third kappa shape index (κ3) is 3.85. The molecule has 23 heavy (non-hydrogen) atoms. The van der Waals surface area contributed by atoms with Gasteiger partial charge in [0.2, 0.25) is 5.91 Å². The van der Waals surface area contributed by atoms with E-state index in [1.54, 1.807) is 0 Å². The standard InChI is InChI=1S/C18H26N2O3/c1-14-4-2-3-5-16(14)23-13-18(22)8-11-20(12-18)17(21)15-6-9-19-10-7-15/h2-5,15,19,22H,6-13H2,1H3. The predicted octanol–water partition coefficient (Wildman–Crippen LogP) is 1.34. The van der Waals surface area contributed by atoms with Crippen LogP contribution in [0.15, 0.2) is 24.3 Å². The fraction of sp³-hybridized carbons (Fsp3) is 0.611. The highest BCUT2D eigenvalue weighted by Crippen LogP contribution is 2.27. The predicted molar refractivity (Wildman–Crippen MR) is 88.4 cm³/mol. The van der Waals surface area contributed by atoms with E-state index in [1.807, 2.05) is 36.1 Å². The van der Waals surface area contributed by atoms with Crippen LogP contribution in [0, 0.1) is 12.8 Å². The van der Waals surface area contributed by atoms with Crippen molar-refractivity contribution in [2.45, 2.75) is 31.8 Å².